The molecule has 3 rings (SSSR count). The summed E-state index contributed by atoms with van der Waals surface area (Å²) in [5.74, 6) is 1.74. The molecule has 3 fully saturated rings. The van der Waals surface area contributed by atoms with Crippen LogP contribution in [0.4, 0.5) is 0 Å². The molecule has 3 aliphatic heterocycles. The number of nitrogens with zero attached hydrogens (tertiary/aromatic N) is 2. The quantitative estimate of drug-likeness (QED) is 0.800. The van der Waals surface area contributed by atoms with E-state index >= 15 is 0 Å². The third kappa shape index (κ3) is 2.59. The van der Waals surface area contributed by atoms with Crippen molar-refractivity contribution in [3.63, 3.8) is 0 Å². The molecule has 0 aromatic rings. The molecule has 0 amide bonds. The molecule has 104 valence electrons. The Morgan fingerprint density at radius 3 is 2.78 bits per heavy atom. The molecule has 1 N–H and O–H groups in total. The van der Waals surface area contributed by atoms with Gasteiger partial charge in [-0.25, -0.2) is 0 Å². The third-order valence-corrected chi connectivity index (χ3v) is 5.46. The molecule has 0 aromatic heterocycles. The van der Waals surface area contributed by atoms with Crippen LogP contribution in [0.5, 0.6) is 0 Å². The van der Waals surface area contributed by atoms with Gasteiger partial charge in [0.05, 0.1) is 0 Å². The summed E-state index contributed by atoms with van der Waals surface area (Å²) in [5, 5.41) is 3.55. The molecule has 18 heavy (non-hydrogen) atoms. The van der Waals surface area contributed by atoms with Gasteiger partial charge in [-0.05, 0) is 51.2 Å². The molecule has 0 aromatic carbocycles. The first-order chi connectivity index (χ1) is 8.74. The van der Waals surface area contributed by atoms with E-state index in [-0.39, 0.29) is 0 Å². The van der Waals surface area contributed by atoms with E-state index in [1.54, 1.807) is 0 Å². The van der Waals surface area contributed by atoms with Crippen LogP contribution in [0, 0.1) is 11.8 Å². The lowest BCUT2D eigenvalue weighted by atomic mass is 9.93. The molecule has 0 saturated carbocycles. The fourth-order valence-corrected chi connectivity index (χ4v) is 4.08. The largest absolute Gasteiger partial charge is 0.316 e. The van der Waals surface area contributed by atoms with E-state index in [0.717, 1.165) is 23.9 Å². The summed E-state index contributed by atoms with van der Waals surface area (Å²) in [6.45, 7) is 12.6. The van der Waals surface area contributed by atoms with Crippen LogP contribution >= 0.6 is 0 Å². The zero-order valence-electron chi connectivity index (χ0n) is 12.1. The molecule has 3 heterocycles. The molecular weight excluding hydrogens is 222 g/mol. The van der Waals surface area contributed by atoms with Crippen LogP contribution in [0.2, 0.25) is 0 Å². The molecule has 3 saturated heterocycles. The highest BCUT2D eigenvalue weighted by Crippen LogP contribution is 2.26. The van der Waals surface area contributed by atoms with Gasteiger partial charge in [0.25, 0.3) is 0 Å². The Kier molecular flexibility index (Phi) is 3.92. The summed E-state index contributed by atoms with van der Waals surface area (Å²) in [7, 11) is 0. The van der Waals surface area contributed by atoms with E-state index < -0.39 is 0 Å². The fraction of sp³-hybridized carbons (Fsp3) is 1.00. The number of hydrogen-bond acceptors (Lipinski definition) is 3. The summed E-state index contributed by atoms with van der Waals surface area (Å²) in [4.78, 5) is 5.53. The van der Waals surface area contributed by atoms with Crippen molar-refractivity contribution in [2.24, 2.45) is 11.8 Å². The zero-order chi connectivity index (χ0) is 12.5. The van der Waals surface area contributed by atoms with E-state index in [9.17, 15) is 0 Å². The third-order valence-electron chi connectivity index (χ3n) is 5.46. The smallest absolute Gasteiger partial charge is 0.0223 e. The topological polar surface area (TPSA) is 18.5 Å². The van der Waals surface area contributed by atoms with Gasteiger partial charge in [0, 0.05) is 31.7 Å². The second-order valence-corrected chi connectivity index (χ2v) is 6.84. The number of hydrogen-bond donors (Lipinski definition) is 1. The SMILES string of the molecule is CC1CN2CCCCC2CN1C[C@@H]1CNC[C@H]1C. The van der Waals surface area contributed by atoms with Crippen LogP contribution in [0.3, 0.4) is 0 Å². The summed E-state index contributed by atoms with van der Waals surface area (Å²) < 4.78 is 0. The highest BCUT2D eigenvalue weighted by Gasteiger charge is 2.35. The van der Waals surface area contributed by atoms with E-state index in [1.807, 2.05) is 0 Å². The van der Waals surface area contributed by atoms with E-state index in [4.69, 9.17) is 0 Å². The van der Waals surface area contributed by atoms with E-state index in [1.165, 1.54) is 58.5 Å². The monoisotopic (exact) mass is 251 g/mol. The number of rotatable bonds is 2. The van der Waals surface area contributed by atoms with Crippen molar-refractivity contribution in [3.8, 4) is 0 Å². The number of fused-ring (bicyclic) bond motifs is 1. The van der Waals surface area contributed by atoms with Crippen LogP contribution in [0.25, 0.3) is 0 Å². The molecule has 4 atom stereocenters. The fourth-order valence-electron chi connectivity index (χ4n) is 4.08. The minimum absolute atomic E-state index is 0.757. The van der Waals surface area contributed by atoms with E-state index in [0.29, 0.717) is 0 Å². The minimum Gasteiger partial charge on any atom is -0.316 e. The zero-order valence-corrected chi connectivity index (χ0v) is 12.1. The van der Waals surface area contributed by atoms with Gasteiger partial charge >= 0.3 is 0 Å². The number of piperazine rings is 1. The first kappa shape index (κ1) is 12.9. The van der Waals surface area contributed by atoms with Gasteiger partial charge in [-0.1, -0.05) is 13.3 Å². The molecule has 2 unspecified atom stereocenters. The van der Waals surface area contributed by atoms with Gasteiger partial charge in [0.1, 0.15) is 0 Å². The minimum atomic E-state index is 0.757. The maximum Gasteiger partial charge on any atom is 0.0223 e. The Balaban J connectivity index is 1.58. The second kappa shape index (κ2) is 5.48. The maximum atomic E-state index is 3.55. The predicted octanol–water partition coefficient (Wildman–Crippen LogP) is 1.40. The maximum absolute atomic E-state index is 3.55. The summed E-state index contributed by atoms with van der Waals surface area (Å²) >= 11 is 0. The normalized spacial score (nSPS) is 43.0. The lowest BCUT2D eigenvalue weighted by molar-refractivity contribution is 0.00655. The second-order valence-electron chi connectivity index (χ2n) is 6.84. The van der Waals surface area contributed by atoms with Crippen LogP contribution in [0.1, 0.15) is 33.1 Å². The summed E-state index contributed by atoms with van der Waals surface area (Å²) in [6.07, 6.45) is 4.30. The van der Waals surface area contributed by atoms with Crippen molar-refractivity contribution in [1.82, 2.24) is 15.1 Å². The van der Waals surface area contributed by atoms with Crippen LogP contribution in [0.15, 0.2) is 0 Å². The van der Waals surface area contributed by atoms with Crippen molar-refractivity contribution in [2.45, 2.75) is 45.2 Å². The van der Waals surface area contributed by atoms with Gasteiger partial charge in [-0.2, -0.15) is 0 Å². The van der Waals surface area contributed by atoms with Crippen molar-refractivity contribution < 1.29 is 0 Å². The van der Waals surface area contributed by atoms with Crippen LogP contribution in [-0.2, 0) is 0 Å². The summed E-state index contributed by atoms with van der Waals surface area (Å²) in [5.41, 5.74) is 0. The first-order valence-corrected chi connectivity index (χ1v) is 7.93. The van der Waals surface area contributed by atoms with Crippen molar-refractivity contribution in [3.05, 3.63) is 0 Å². The van der Waals surface area contributed by atoms with Crippen molar-refractivity contribution >= 4 is 0 Å². The Morgan fingerprint density at radius 1 is 1.11 bits per heavy atom. The molecule has 0 radical (unpaired) electrons. The molecule has 0 spiro atoms. The molecule has 3 aliphatic rings. The Hall–Kier alpha value is -0.120. The van der Waals surface area contributed by atoms with Gasteiger partial charge < -0.3 is 5.32 Å². The molecule has 0 aliphatic carbocycles. The van der Waals surface area contributed by atoms with Crippen molar-refractivity contribution in [2.75, 3.05) is 39.3 Å². The Bertz CT molecular complexity index is 281. The molecule has 0 bridgehead atoms. The molecule has 3 nitrogen and oxygen atoms in total. The van der Waals surface area contributed by atoms with Crippen LogP contribution in [-0.4, -0.2) is 61.2 Å². The first-order valence-electron chi connectivity index (χ1n) is 7.93. The standard InChI is InChI=1S/C15H29N3/c1-12-7-16-8-14(12)10-18-11-15-5-3-4-6-17(15)9-13(18)2/h12-16H,3-11H2,1-2H3/t12-,13?,14+,15?/m1/s1. The van der Waals surface area contributed by atoms with Crippen molar-refractivity contribution in [1.29, 1.82) is 0 Å². The number of piperidine rings is 1. The molecular formula is C15H29N3. The van der Waals surface area contributed by atoms with E-state index in [2.05, 4.69) is 29.0 Å². The van der Waals surface area contributed by atoms with Gasteiger partial charge in [-0.3, -0.25) is 9.80 Å². The Morgan fingerprint density at radius 2 is 2.00 bits per heavy atom. The highest BCUT2D eigenvalue weighted by atomic mass is 15.3. The molecule has 3 heteroatoms. The lowest BCUT2D eigenvalue weighted by Gasteiger charge is -2.48. The average Bonchev–Trinajstić information content (AvgIpc) is 2.76. The van der Waals surface area contributed by atoms with Gasteiger partial charge in [0.15, 0.2) is 0 Å². The lowest BCUT2D eigenvalue weighted by Crippen LogP contribution is -2.59. The summed E-state index contributed by atoms with van der Waals surface area (Å²) in [6, 6.07) is 1.62. The highest BCUT2D eigenvalue weighted by molar-refractivity contribution is 4.91. The van der Waals surface area contributed by atoms with Gasteiger partial charge in [0.2, 0.25) is 0 Å². The Labute approximate surface area is 112 Å². The average molecular weight is 251 g/mol. The predicted molar refractivity (Wildman–Crippen MR) is 75.8 cm³/mol. The van der Waals surface area contributed by atoms with Crippen LogP contribution < -0.4 is 5.32 Å². The number of nitrogens with one attached hydrogen (secondary N) is 1. The van der Waals surface area contributed by atoms with Gasteiger partial charge in [-0.15, -0.1) is 0 Å².